The zero-order valence-corrected chi connectivity index (χ0v) is 10.3. The van der Waals surface area contributed by atoms with Crippen molar-refractivity contribution in [3.63, 3.8) is 0 Å². The maximum absolute atomic E-state index is 10.9. The summed E-state index contributed by atoms with van der Waals surface area (Å²) in [5.74, 6) is 0.646. The molecule has 19 heavy (non-hydrogen) atoms. The molecule has 0 aliphatic heterocycles. The molecular formula is C13H13N3O3. The minimum absolute atomic E-state index is 0.242. The number of aromatic nitrogens is 1. The molecule has 2 aromatic rings. The number of hydrogen-bond donors (Lipinski definition) is 2. The van der Waals surface area contributed by atoms with E-state index in [2.05, 4.69) is 4.98 Å². The lowest BCUT2D eigenvalue weighted by Crippen LogP contribution is -2.10. The Labute approximate surface area is 110 Å². The molecule has 4 N–H and O–H groups in total. The predicted molar refractivity (Wildman–Crippen MR) is 70.2 cm³/mol. The van der Waals surface area contributed by atoms with Gasteiger partial charge in [-0.3, -0.25) is 4.79 Å². The summed E-state index contributed by atoms with van der Waals surface area (Å²) in [4.78, 5) is 15.0. The average Bonchev–Trinajstić information content (AvgIpc) is 2.42. The van der Waals surface area contributed by atoms with Gasteiger partial charge in [-0.05, 0) is 30.3 Å². The first-order valence-electron chi connectivity index (χ1n) is 5.48. The number of anilines is 1. The molecule has 2 rings (SSSR count). The molecule has 0 aliphatic carbocycles. The monoisotopic (exact) mass is 259 g/mol. The SMILES string of the molecule is COc1ccc(N)c(Oc2ccc(C(N)=O)cc2)n1. The molecule has 0 spiro atoms. The van der Waals surface area contributed by atoms with Gasteiger partial charge in [-0.15, -0.1) is 0 Å². The molecule has 98 valence electrons. The van der Waals surface area contributed by atoms with Crippen LogP contribution in [-0.2, 0) is 0 Å². The van der Waals surface area contributed by atoms with Crippen molar-refractivity contribution in [1.29, 1.82) is 0 Å². The standard InChI is InChI=1S/C13H13N3O3/c1-18-11-7-6-10(14)13(16-11)19-9-4-2-8(3-5-9)12(15)17/h2-7H,14H2,1H3,(H2,15,17). The van der Waals surface area contributed by atoms with Crippen molar-refractivity contribution < 1.29 is 14.3 Å². The molecule has 1 amide bonds. The first-order valence-corrected chi connectivity index (χ1v) is 5.48. The molecule has 0 atom stereocenters. The number of benzene rings is 1. The summed E-state index contributed by atoms with van der Waals surface area (Å²) in [6, 6.07) is 9.63. The molecule has 0 saturated carbocycles. The zero-order valence-electron chi connectivity index (χ0n) is 10.3. The van der Waals surface area contributed by atoms with Gasteiger partial charge in [0.15, 0.2) is 0 Å². The lowest BCUT2D eigenvalue weighted by Gasteiger charge is -2.08. The van der Waals surface area contributed by atoms with Crippen molar-refractivity contribution >= 4 is 11.6 Å². The van der Waals surface area contributed by atoms with Gasteiger partial charge >= 0.3 is 0 Å². The molecule has 0 radical (unpaired) electrons. The molecule has 6 nitrogen and oxygen atoms in total. The number of ether oxygens (including phenoxy) is 2. The van der Waals surface area contributed by atoms with Gasteiger partial charge in [0.05, 0.1) is 12.8 Å². The van der Waals surface area contributed by atoms with E-state index in [4.69, 9.17) is 20.9 Å². The van der Waals surface area contributed by atoms with Crippen molar-refractivity contribution in [1.82, 2.24) is 4.98 Å². The fraction of sp³-hybridized carbons (Fsp3) is 0.0769. The van der Waals surface area contributed by atoms with E-state index in [0.29, 0.717) is 22.9 Å². The summed E-state index contributed by atoms with van der Waals surface area (Å²) in [7, 11) is 1.50. The van der Waals surface area contributed by atoms with Crippen LogP contribution in [0.5, 0.6) is 17.5 Å². The second-order valence-corrected chi connectivity index (χ2v) is 3.74. The Morgan fingerprint density at radius 1 is 1.16 bits per heavy atom. The summed E-state index contributed by atoms with van der Waals surface area (Å²) < 4.78 is 10.5. The van der Waals surface area contributed by atoms with Crippen molar-refractivity contribution in [2.75, 3.05) is 12.8 Å². The van der Waals surface area contributed by atoms with E-state index in [1.807, 2.05) is 0 Å². The maximum atomic E-state index is 10.9. The number of nitrogen functional groups attached to an aromatic ring is 1. The van der Waals surface area contributed by atoms with Gasteiger partial charge in [-0.1, -0.05) is 0 Å². The topological polar surface area (TPSA) is 100 Å². The van der Waals surface area contributed by atoms with E-state index in [1.165, 1.54) is 7.11 Å². The fourth-order valence-corrected chi connectivity index (χ4v) is 1.43. The lowest BCUT2D eigenvalue weighted by atomic mass is 10.2. The quantitative estimate of drug-likeness (QED) is 0.867. The number of carbonyl (C=O) groups is 1. The molecular weight excluding hydrogens is 246 g/mol. The predicted octanol–water partition coefficient (Wildman–Crippen LogP) is 1.56. The minimum Gasteiger partial charge on any atom is -0.481 e. The molecule has 0 unspecified atom stereocenters. The van der Waals surface area contributed by atoms with Crippen LogP contribution in [0.3, 0.4) is 0 Å². The third kappa shape index (κ3) is 2.92. The number of rotatable bonds is 4. The van der Waals surface area contributed by atoms with Crippen LogP contribution < -0.4 is 20.9 Å². The summed E-state index contributed by atoms with van der Waals surface area (Å²) in [5.41, 5.74) is 11.7. The number of pyridine rings is 1. The first kappa shape index (κ1) is 12.7. The number of primary amides is 1. The van der Waals surface area contributed by atoms with Crippen molar-refractivity contribution in [2.24, 2.45) is 5.73 Å². The number of nitrogens with zero attached hydrogens (tertiary/aromatic N) is 1. The Kier molecular flexibility index (Phi) is 3.51. The lowest BCUT2D eigenvalue weighted by molar-refractivity contribution is 0.100. The fourth-order valence-electron chi connectivity index (χ4n) is 1.43. The van der Waals surface area contributed by atoms with Gasteiger partial charge in [-0.2, -0.15) is 4.98 Å². The third-order valence-electron chi connectivity index (χ3n) is 2.43. The Hall–Kier alpha value is -2.76. The third-order valence-corrected chi connectivity index (χ3v) is 2.43. The van der Waals surface area contributed by atoms with Crippen LogP contribution in [0.25, 0.3) is 0 Å². The average molecular weight is 259 g/mol. The summed E-state index contributed by atoms with van der Waals surface area (Å²) in [6.07, 6.45) is 0. The smallest absolute Gasteiger partial charge is 0.248 e. The highest BCUT2D eigenvalue weighted by atomic mass is 16.5. The molecule has 0 fully saturated rings. The molecule has 0 saturated heterocycles. The molecule has 1 aromatic carbocycles. The van der Waals surface area contributed by atoms with E-state index >= 15 is 0 Å². The van der Waals surface area contributed by atoms with Gasteiger partial charge in [0.2, 0.25) is 17.7 Å². The minimum atomic E-state index is -0.495. The van der Waals surface area contributed by atoms with Gasteiger partial charge in [0, 0.05) is 11.6 Å². The Balaban J connectivity index is 2.23. The van der Waals surface area contributed by atoms with Crippen LogP contribution in [0.1, 0.15) is 10.4 Å². The van der Waals surface area contributed by atoms with Crippen LogP contribution in [-0.4, -0.2) is 18.0 Å². The molecule has 0 bridgehead atoms. The molecule has 0 aliphatic rings. The van der Waals surface area contributed by atoms with Crippen LogP contribution in [0.4, 0.5) is 5.69 Å². The number of amides is 1. The number of hydrogen-bond acceptors (Lipinski definition) is 5. The Bertz CT molecular complexity index is 597. The van der Waals surface area contributed by atoms with Crippen molar-refractivity contribution in [2.45, 2.75) is 0 Å². The second-order valence-electron chi connectivity index (χ2n) is 3.74. The normalized spacial score (nSPS) is 9.95. The van der Waals surface area contributed by atoms with Crippen LogP contribution >= 0.6 is 0 Å². The second kappa shape index (κ2) is 5.26. The highest BCUT2D eigenvalue weighted by Gasteiger charge is 2.07. The number of methoxy groups -OCH3 is 1. The van der Waals surface area contributed by atoms with Gasteiger partial charge < -0.3 is 20.9 Å². The highest BCUT2D eigenvalue weighted by Crippen LogP contribution is 2.27. The van der Waals surface area contributed by atoms with Crippen LogP contribution in [0, 0.1) is 0 Å². The van der Waals surface area contributed by atoms with Crippen molar-refractivity contribution in [3.8, 4) is 17.5 Å². The summed E-state index contributed by atoms with van der Waals surface area (Å²) >= 11 is 0. The Morgan fingerprint density at radius 2 is 1.84 bits per heavy atom. The van der Waals surface area contributed by atoms with Crippen molar-refractivity contribution in [3.05, 3.63) is 42.0 Å². The van der Waals surface area contributed by atoms with Gasteiger partial charge in [0.25, 0.3) is 0 Å². The van der Waals surface area contributed by atoms with Crippen LogP contribution in [0.2, 0.25) is 0 Å². The van der Waals surface area contributed by atoms with Gasteiger partial charge in [-0.25, -0.2) is 0 Å². The summed E-state index contributed by atoms with van der Waals surface area (Å²) in [6.45, 7) is 0. The van der Waals surface area contributed by atoms with E-state index in [1.54, 1.807) is 36.4 Å². The largest absolute Gasteiger partial charge is 0.481 e. The molecule has 1 heterocycles. The van der Waals surface area contributed by atoms with E-state index < -0.39 is 5.91 Å². The number of nitrogens with two attached hydrogens (primary N) is 2. The zero-order chi connectivity index (χ0) is 13.8. The molecule has 6 heteroatoms. The molecule has 1 aromatic heterocycles. The highest BCUT2D eigenvalue weighted by molar-refractivity contribution is 5.92. The first-order chi connectivity index (χ1) is 9.10. The maximum Gasteiger partial charge on any atom is 0.248 e. The Morgan fingerprint density at radius 3 is 2.42 bits per heavy atom. The van der Waals surface area contributed by atoms with Crippen LogP contribution in [0.15, 0.2) is 36.4 Å². The summed E-state index contributed by atoms with van der Waals surface area (Å²) in [5, 5.41) is 0. The van der Waals surface area contributed by atoms with Gasteiger partial charge in [0.1, 0.15) is 5.75 Å². The van der Waals surface area contributed by atoms with E-state index in [-0.39, 0.29) is 5.88 Å². The van der Waals surface area contributed by atoms with E-state index in [9.17, 15) is 4.79 Å². The number of carbonyl (C=O) groups excluding carboxylic acids is 1. The van der Waals surface area contributed by atoms with E-state index in [0.717, 1.165) is 0 Å².